The number of anilines is 1. The molecule has 3 N–H and O–H groups in total. The van der Waals surface area contributed by atoms with E-state index in [1.807, 2.05) is 11.8 Å². The summed E-state index contributed by atoms with van der Waals surface area (Å²) in [6.45, 7) is 5.71. The second kappa shape index (κ2) is 8.88. The van der Waals surface area contributed by atoms with E-state index in [4.69, 9.17) is 16.6 Å². The molecule has 5 rings (SSSR count). The first kappa shape index (κ1) is 19.7. The van der Waals surface area contributed by atoms with Gasteiger partial charge in [0.15, 0.2) is 0 Å². The van der Waals surface area contributed by atoms with Crippen molar-refractivity contribution >= 4 is 45.0 Å². The minimum Gasteiger partial charge on any atom is -0.381 e. The maximum absolute atomic E-state index is 6.42. The van der Waals surface area contributed by atoms with E-state index in [9.17, 15) is 0 Å². The first-order chi connectivity index (χ1) is 14.2. The van der Waals surface area contributed by atoms with Gasteiger partial charge in [0.05, 0.1) is 22.9 Å². The van der Waals surface area contributed by atoms with Crippen LogP contribution in [0, 0.1) is 0 Å². The van der Waals surface area contributed by atoms with Gasteiger partial charge in [0.25, 0.3) is 0 Å². The van der Waals surface area contributed by atoms with Crippen molar-refractivity contribution in [2.24, 2.45) is 4.99 Å². The van der Waals surface area contributed by atoms with Gasteiger partial charge in [-0.3, -0.25) is 4.99 Å². The topological polar surface area (TPSA) is 55.5 Å². The van der Waals surface area contributed by atoms with Gasteiger partial charge in [0.2, 0.25) is 0 Å². The van der Waals surface area contributed by atoms with Gasteiger partial charge < -0.3 is 20.5 Å². The van der Waals surface area contributed by atoms with Crippen LogP contribution in [0.3, 0.4) is 0 Å². The number of aliphatic imine (C=N–C) groups is 1. The van der Waals surface area contributed by atoms with Crippen molar-refractivity contribution in [3.63, 3.8) is 0 Å². The molecule has 2 aromatic rings. The van der Waals surface area contributed by atoms with Gasteiger partial charge in [-0.2, -0.15) is 0 Å². The van der Waals surface area contributed by atoms with Gasteiger partial charge in [0.1, 0.15) is 5.04 Å². The zero-order valence-corrected chi connectivity index (χ0v) is 18.4. The molecule has 5 nitrogen and oxygen atoms in total. The van der Waals surface area contributed by atoms with E-state index < -0.39 is 0 Å². The molecule has 0 bridgehead atoms. The number of fused-ring (bicyclic) bond motifs is 1. The summed E-state index contributed by atoms with van der Waals surface area (Å²) in [6, 6.07) is 7.32. The van der Waals surface area contributed by atoms with Gasteiger partial charge in [-0.25, -0.2) is 0 Å². The fraction of sp³-hybridized carbons (Fsp3) is 0.591. The lowest BCUT2D eigenvalue weighted by atomic mass is 10.2. The molecule has 29 heavy (non-hydrogen) atoms. The Morgan fingerprint density at radius 3 is 2.83 bits per heavy atom. The number of thioether (sulfide) groups is 1. The molecule has 0 unspecified atom stereocenters. The molecular formula is C22H30ClN5S. The zero-order valence-electron chi connectivity index (χ0n) is 16.8. The molecule has 7 heteroatoms. The number of aromatic nitrogens is 1. The molecule has 1 aliphatic carbocycles. The maximum Gasteiger partial charge on any atom is 0.114 e. The van der Waals surface area contributed by atoms with Crippen molar-refractivity contribution < 1.29 is 0 Å². The summed E-state index contributed by atoms with van der Waals surface area (Å²) in [7, 11) is 0. The number of hydrogen-bond donors (Lipinski definition) is 3. The average molecular weight is 432 g/mol. The van der Waals surface area contributed by atoms with Crippen LogP contribution in [-0.2, 0) is 0 Å². The van der Waals surface area contributed by atoms with Crippen LogP contribution in [0.1, 0.15) is 37.8 Å². The second-order valence-electron chi connectivity index (χ2n) is 8.51. The van der Waals surface area contributed by atoms with E-state index in [1.165, 1.54) is 31.1 Å². The fourth-order valence-corrected chi connectivity index (χ4v) is 6.01. The molecule has 1 atom stereocenters. The molecule has 1 aromatic carbocycles. The lowest BCUT2D eigenvalue weighted by molar-refractivity contribution is 0.235. The summed E-state index contributed by atoms with van der Waals surface area (Å²) >= 11 is 8.30. The van der Waals surface area contributed by atoms with E-state index in [1.54, 1.807) is 0 Å². The molecule has 3 aliphatic rings. The molecule has 1 aromatic heterocycles. The van der Waals surface area contributed by atoms with Gasteiger partial charge in [0, 0.05) is 54.9 Å². The van der Waals surface area contributed by atoms with Crippen LogP contribution in [-0.4, -0.2) is 65.5 Å². The summed E-state index contributed by atoms with van der Waals surface area (Å²) in [6.07, 6.45) is 6.29. The first-order valence-electron chi connectivity index (χ1n) is 11.0. The number of rotatable bonds is 6. The molecule has 0 radical (unpaired) electrons. The number of halogens is 1. The number of nitrogens with one attached hydrogen (secondary N) is 3. The highest BCUT2D eigenvalue weighted by molar-refractivity contribution is 8.14. The highest BCUT2D eigenvalue weighted by Crippen LogP contribution is 2.33. The van der Waals surface area contributed by atoms with Gasteiger partial charge in [-0.15, -0.1) is 11.8 Å². The van der Waals surface area contributed by atoms with E-state index in [-0.39, 0.29) is 0 Å². The number of hydrogen-bond acceptors (Lipinski definition) is 5. The Kier molecular flexibility index (Phi) is 6.04. The maximum atomic E-state index is 6.42. The minimum atomic E-state index is 0.427. The van der Waals surface area contributed by atoms with Crippen LogP contribution in [0.2, 0.25) is 5.02 Å². The Morgan fingerprint density at radius 1 is 1.17 bits per heavy atom. The van der Waals surface area contributed by atoms with Gasteiger partial charge in [-0.1, -0.05) is 24.4 Å². The van der Waals surface area contributed by atoms with E-state index in [0.29, 0.717) is 12.1 Å². The first-order valence-corrected chi connectivity index (χ1v) is 12.3. The highest BCUT2D eigenvalue weighted by Gasteiger charge is 2.23. The van der Waals surface area contributed by atoms with E-state index in [2.05, 4.69) is 38.7 Å². The Morgan fingerprint density at radius 2 is 2.00 bits per heavy atom. The van der Waals surface area contributed by atoms with Crippen molar-refractivity contribution in [2.45, 2.75) is 44.2 Å². The second-order valence-corrected chi connectivity index (χ2v) is 9.95. The SMILES string of the molecule is Clc1cc(NC2CCCC2)c2[nH]c(C3=N[C@H](CCN4CCNCC4)CS3)cc2c1. The molecule has 0 spiro atoms. The standard InChI is InChI=1S/C22H30ClN5S/c23-16-11-15-12-20(27-21(15)19(13-16)25-17-3-1-2-4-17)22-26-18(14-29-22)5-8-28-9-6-24-7-10-28/h11-13,17-18,24-25,27H,1-10,14H2/t18-/m1/s1. The fourth-order valence-electron chi connectivity index (χ4n) is 4.70. The van der Waals surface area contributed by atoms with Crippen molar-refractivity contribution in [1.82, 2.24) is 15.2 Å². The van der Waals surface area contributed by atoms with E-state index in [0.717, 1.165) is 71.9 Å². The smallest absolute Gasteiger partial charge is 0.114 e. The Labute approximate surface area is 182 Å². The highest BCUT2D eigenvalue weighted by atomic mass is 35.5. The molecule has 0 amide bonds. The Hall–Kier alpha value is -1.21. The van der Waals surface area contributed by atoms with E-state index >= 15 is 0 Å². The third kappa shape index (κ3) is 4.61. The normalized spacial score (nSPS) is 23.8. The van der Waals surface area contributed by atoms with Crippen molar-refractivity contribution in [1.29, 1.82) is 0 Å². The van der Waals surface area contributed by atoms with Crippen molar-refractivity contribution in [3.8, 4) is 0 Å². The Balaban J connectivity index is 1.30. The van der Waals surface area contributed by atoms with Crippen LogP contribution < -0.4 is 10.6 Å². The summed E-state index contributed by atoms with van der Waals surface area (Å²) in [4.78, 5) is 11.2. The number of benzene rings is 1. The predicted molar refractivity (Wildman–Crippen MR) is 126 cm³/mol. The summed E-state index contributed by atoms with van der Waals surface area (Å²) < 4.78 is 0. The third-order valence-corrected chi connectivity index (χ3v) is 7.71. The lowest BCUT2D eigenvalue weighted by Crippen LogP contribution is -2.44. The number of aromatic amines is 1. The van der Waals surface area contributed by atoms with Crippen molar-refractivity contribution in [3.05, 3.63) is 28.9 Å². The largest absolute Gasteiger partial charge is 0.381 e. The molecule has 1 saturated heterocycles. The lowest BCUT2D eigenvalue weighted by Gasteiger charge is -2.27. The quantitative estimate of drug-likeness (QED) is 0.637. The summed E-state index contributed by atoms with van der Waals surface area (Å²) in [5, 5.41) is 10.2. The monoisotopic (exact) mass is 431 g/mol. The van der Waals surface area contributed by atoms with Crippen LogP contribution >= 0.6 is 23.4 Å². The molecule has 3 heterocycles. The number of nitrogens with zero attached hydrogens (tertiary/aromatic N) is 2. The molecule has 1 saturated carbocycles. The molecular weight excluding hydrogens is 402 g/mol. The van der Waals surface area contributed by atoms with Crippen LogP contribution in [0.5, 0.6) is 0 Å². The van der Waals surface area contributed by atoms with Crippen LogP contribution in [0.15, 0.2) is 23.2 Å². The third-order valence-electron chi connectivity index (χ3n) is 6.34. The zero-order chi connectivity index (χ0) is 19.6. The molecule has 2 fully saturated rings. The summed E-state index contributed by atoms with van der Waals surface area (Å²) in [5.74, 6) is 1.09. The Bertz CT molecular complexity index is 883. The minimum absolute atomic E-state index is 0.427. The average Bonchev–Trinajstić information content (AvgIpc) is 3.47. The van der Waals surface area contributed by atoms with Crippen LogP contribution in [0.25, 0.3) is 10.9 Å². The van der Waals surface area contributed by atoms with Gasteiger partial charge in [-0.05, 0) is 37.5 Å². The molecule has 2 aliphatic heterocycles. The predicted octanol–water partition coefficient (Wildman–Crippen LogP) is 4.33. The van der Waals surface area contributed by atoms with Crippen molar-refractivity contribution in [2.75, 3.05) is 43.8 Å². The molecule has 156 valence electrons. The van der Waals surface area contributed by atoms with Gasteiger partial charge >= 0.3 is 0 Å². The number of H-pyrrole nitrogens is 1. The van der Waals surface area contributed by atoms with Crippen LogP contribution in [0.4, 0.5) is 5.69 Å². The summed E-state index contributed by atoms with van der Waals surface area (Å²) in [5.41, 5.74) is 3.42. The number of piperazine rings is 1.